The van der Waals surface area contributed by atoms with Gasteiger partial charge in [-0.2, -0.15) is 0 Å². The van der Waals surface area contributed by atoms with Crippen LogP contribution in [0.15, 0.2) is 24.8 Å². The smallest absolute Gasteiger partial charge is 0.123 e. The number of carbonyl (C=O) groups excluding carboxylic acids is 1. The third kappa shape index (κ3) is 3.20. The molecule has 0 aliphatic carbocycles. The molecule has 0 aliphatic rings. The number of benzene rings is 1. The van der Waals surface area contributed by atoms with Gasteiger partial charge in [0.25, 0.3) is 0 Å². The lowest BCUT2D eigenvalue weighted by molar-refractivity contribution is -0.107. The van der Waals surface area contributed by atoms with Crippen LogP contribution in [0.2, 0.25) is 0 Å². The quantitative estimate of drug-likeness (QED) is 0.458. The van der Waals surface area contributed by atoms with Crippen molar-refractivity contribution in [3.8, 4) is 0 Å². The second-order valence-electron chi connectivity index (χ2n) is 3.39. The molecule has 0 heterocycles. The summed E-state index contributed by atoms with van der Waals surface area (Å²) in [5.41, 5.74) is 7.63. The molecule has 1 aromatic rings. The number of carbonyl (C=O) groups is 1. The molecule has 80 valence electrons. The Bertz CT molecular complexity index is 374. The number of nitrogen functional groups attached to an aromatic ring is 1. The maximum Gasteiger partial charge on any atom is 0.123 e. The van der Waals surface area contributed by atoms with E-state index < -0.39 is 0 Å². The van der Waals surface area contributed by atoms with Crippen molar-refractivity contribution in [3.63, 3.8) is 0 Å². The van der Waals surface area contributed by atoms with E-state index in [4.69, 9.17) is 5.73 Å². The molecule has 3 heteroatoms. The van der Waals surface area contributed by atoms with Crippen LogP contribution in [0.4, 0.5) is 10.1 Å². The van der Waals surface area contributed by atoms with Crippen LogP contribution >= 0.6 is 0 Å². The molecule has 0 saturated heterocycles. The third-order valence-electron chi connectivity index (χ3n) is 2.20. The summed E-state index contributed by atoms with van der Waals surface area (Å²) < 4.78 is 12.9. The molecule has 1 rings (SSSR count). The Labute approximate surface area is 88.6 Å². The highest BCUT2D eigenvalue weighted by Gasteiger charge is 2.04. The van der Waals surface area contributed by atoms with Crippen molar-refractivity contribution in [2.75, 3.05) is 5.73 Å². The highest BCUT2D eigenvalue weighted by molar-refractivity contribution is 5.73. The average Bonchev–Trinajstić information content (AvgIpc) is 2.22. The van der Waals surface area contributed by atoms with Gasteiger partial charge in [-0.25, -0.2) is 4.39 Å². The number of halogens is 1. The first-order valence-electron chi connectivity index (χ1n) is 4.82. The Kier molecular flexibility index (Phi) is 4.03. The van der Waals surface area contributed by atoms with Gasteiger partial charge in [-0.1, -0.05) is 6.58 Å². The molecule has 0 unspecified atom stereocenters. The number of hydrogen-bond donors (Lipinski definition) is 1. The molecule has 0 amide bonds. The van der Waals surface area contributed by atoms with Crippen LogP contribution in [-0.4, -0.2) is 6.29 Å². The summed E-state index contributed by atoms with van der Waals surface area (Å²) in [6, 6.07) is 4.21. The van der Waals surface area contributed by atoms with E-state index in [0.29, 0.717) is 24.1 Å². The van der Waals surface area contributed by atoms with Gasteiger partial charge < -0.3 is 10.5 Å². The minimum absolute atomic E-state index is 0.323. The average molecular weight is 207 g/mol. The van der Waals surface area contributed by atoms with Gasteiger partial charge in [-0.15, -0.1) is 0 Å². The molecule has 2 N–H and O–H groups in total. The summed E-state index contributed by atoms with van der Waals surface area (Å²) in [5, 5.41) is 0. The number of anilines is 1. The Morgan fingerprint density at radius 1 is 1.53 bits per heavy atom. The third-order valence-corrected chi connectivity index (χ3v) is 2.20. The number of aldehydes is 1. The molecular weight excluding hydrogens is 193 g/mol. The summed E-state index contributed by atoms with van der Waals surface area (Å²) >= 11 is 0. The number of hydrogen-bond acceptors (Lipinski definition) is 2. The standard InChI is InChI=1S/C12H14FNO/c1-9(4-2-3-7-15)11-8-10(13)5-6-12(11)14/h5-8H,1-4,14H2. The van der Waals surface area contributed by atoms with Gasteiger partial charge in [0.1, 0.15) is 12.1 Å². The van der Waals surface area contributed by atoms with Crippen LogP contribution in [0.5, 0.6) is 0 Å². The molecule has 0 fully saturated rings. The van der Waals surface area contributed by atoms with Crippen molar-refractivity contribution in [2.24, 2.45) is 0 Å². The van der Waals surface area contributed by atoms with Crippen molar-refractivity contribution in [1.82, 2.24) is 0 Å². The van der Waals surface area contributed by atoms with Gasteiger partial charge in [0.05, 0.1) is 0 Å². The molecule has 0 aliphatic heterocycles. The van der Waals surface area contributed by atoms with Gasteiger partial charge >= 0.3 is 0 Å². The summed E-state index contributed by atoms with van der Waals surface area (Å²) in [5.74, 6) is -0.323. The van der Waals surface area contributed by atoms with Crippen LogP contribution in [0.1, 0.15) is 24.8 Å². The first-order chi connectivity index (χ1) is 7.15. The number of rotatable bonds is 5. The summed E-state index contributed by atoms with van der Waals surface area (Å²) in [7, 11) is 0. The minimum Gasteiger partial charge on any atom is -0.398 e. The van der Waals surface area contributed by atoms with E-state index in [1.807, 2.05) is 0 Å². The molecule has 0 radical (unpaired) electrons. The van der Waals surface area contributed by atoms with Gasteiger partial charge in [-0.05, 0) is 36.6 Å². The van der Waals surface area contributed by atoms with Gasteiger partial charge in [-0.3, -0.25) is 0 Å². The minimum atomic E-state index is -0.323. The van der Waals surface area contributed by atoms with Crippen molar-refractivity contribution >= 4 is 17.5 Å². The molecular formula is C12H14FNO. The fourth-order valence-electron chi connectivity index (χ4n) is 1.37. The molecule has 0 aromatic heterocycles. The number of allylic oxidation sites excluding steroid dienone is 1. The van der Waals surface area contributed by atoms with Crippen LogP contribution in [0.25, 0.3) is 5.57 Å². The zero-order chi connectivity index (χ0) is 11.3. The fourth-order valence-corrected chi connectivity index (χ4v) is 1.37. The first kappa shape index (κ1) is 11.4. The first-order valence-corrected chi connectivity index (χ1v) is 4.82. The van der Waals surface area contributed by atoms with Crippen LogP contribution in [0.3, 0.4) is 0 Å². The summed E-state index contributed by atoms with van der Waals surface area (Å²) in [4.78, 5) is 10.1. The van der Waals surface area contributed by atoms with E-state index in [9.17, 15) is 9.18 Å². The van der Waals surface area contributed by atoms with Crippen molar-refractivity contribution in [3.05, 3.63) is 36.2 Å². The molecule has 2 nitrogen and oxygen atoms in total. The predicted octanol–water partition coefficient (Wildman–Crippen LogP) is 2.79. The van der Waals surface area contributed by atoms with Crippen molar-refractivity contribution in [1.29, 1.82) is 0 Å². The molecule has 0 atom stereocenters. The topological polar surface area (TPSA) is 43.1 Å². The Morgan fingerprint density at radius 3 is 2.93 bits per heavy atom. The SMILES string of the molecule is C=C(CCCC=O)c1cc(F)ccc1N. The Morgan fingerprint density at radius 2 is 2.27 bits per heavy atom. The maximum absolute atomic E-state index is 12.9. The van der Waals surface area contributed by atoms with E-state index in [-0.39, 0.29) is 5.82 Å². The lowest BCUT2D eigenvalue weighted by Gasteiger charge is -2.08. The molecule has 0 saturated carbocycles. The zero-order valence-corrected chi connectivity index (χ0v) is 8.50. The van der Waals surface area contributed by atoms with Crippen molar-refractivity contribution < 1.29 is 9.18 Å². The van der Waals surface area contributed by atoms with Crippen LogP contribution in [-0.2, 0) is 4.79 Å². The molecule has 0 bridgehead atoms. The molecule has 0 spiro atoms. The highest BCUT2D eigenvalue weighted by atomic mass is 19.1. The number of nitrogens with two attached hydrogens (primary N) is 1. The van der Waals surface area contributed by atoms with Gasteiger partial charge in [0.15, 0.2) is 0 Å². The summed E-state index contributed by atoms with van der Waals surface area (Å²) in [6.07, 6.45) is 2.74. The van der Waals surface area contributed by atoms with Gasteiger partial charge in [0, 0.05) is 17.7 Å². The number of unbranched alkanes of at least 4 members (excludes halogenated alkanes) is 1. The monoisotopic (exact) mass is 207 g/mol. The second kappa shape index (κ2) is 5.29. The normalized spacial score (nSPS) is 9.93. The summed E-state index contributed by atoms with van der Waals surface area (Å²) in [6.45, 7) is 3.84. The van der Waals surface area contributed by atoms with E-state index >= 15 is 0 Å². The van der Waals surface area contributed by atoms with E-state index in [0.717, 1.165) is 18.3 Å². The lowest BCUT2D eigenvalue weighted by Crippen LogP contribution is -1.94. The second-order valence-corrected chi connectivity index (χ2v) is 3.39. The highest BCUT2D eigenvalue weighted by Crippen LogP contribution is 2.24. The molecule has 15 heavy (non-hydrogen) atoms. The zero-order valence-electron chi connectivity index (χ0n) is 8.50. The van der Waals surface area contributed by atoms with E-state index in [2.05, 4.69) is 6.58 Å². The Balaban J connectivity index is 2.72. The van der Waals surface area contributed by atoms with Gasteiger partial charge in [0.2, 0.25) is 0 Å². The van der Waals surface area contributed by atoms with Crippen LogP contribution < -0.4 is 5.73 Å². The maximum atomic E-state index is 12.9. The fraction of sp³-hybridized carbons (Fsp3) is 0.250. The Hall–Kier alpha value is -1.64. The largest absolute Gasteiger partial charge is 0.398 e. The van der Waals surface area contributed by atoms with Crippen LogP contribution in [0, 0.1) is 5.82 Å². The van der Waals surface area contributed by atoms with Crippen molar-refractivity contribution in [2.45, 2.75) is 19.3 Å². The van der Waals surface area contributed by atoms with E-state index in [1.54, 1.807) is 0 Å². The lowest BCUT2D eigenvalue weighted by atomic mass is 10.0. The van der Waals surface area contributed by atoms with E-state index in [1.165, 1.54) is 18.2 Å². The molecule has 1 aromatic carbocycles. The predicted molar refractivity (Wildman–Crippen MR) is 59.8 cm³/mol.